The van der Waals surface area contributed by atoms with Crippen LogP contribution in [0.15, 0.2) is 36.4 Å². The second kappa shape index (κ2) is 6.14. The van der Waals surface area contributed by atoms with Crippen LogP contribution in [0.25, 0.3) is 0 Å². The van der Waals surface area contributed by atoms with Crippen molar-refractivity contribution in [2.45, 2.75) is 43.9 Å². The van der Waals surface area contributed by atoms with Gasteiger partial charge >= 0.3 is 0 Å². The van der Waals surface area contributed by atoms with Crippen LogP contribution in [0.2, 0.25) is 30.1 Å². The maximum Gasteiger partial charge on any atom is 0.0595 e. The molecular formula is C26H18Cl6. The van der Waals surface area contributed by atoms with Gasteiger partial charge in [0.1, 0.15) is 0 Å². The molecule has 32 heavy (non-hydrogen) atoms. The van der Waals surface area contributed by atoms with Gasteiger partial charge in [-0.2, -0.15) is 0 Å². The Kier molecular flexibility index (Phi) is 4.20. The maximum absolute atomic E-state index is 6.58. The molecule has 3 aliphatic carbocycles. The van der Waals surface area contributed by atoms with E-state index in [1.165, 1.54) is 0 Å². The van der Waals surface area contributed by atoms with Gasteiger partial charge in [0.15, 0.2) is 0 Å². The number of halogens is 6. The average Bonchev–Trinajstić information content (AvgIpc) is 3.06. The summed E-state index contributed by atoms with van der Waals surface area (Å²) in [6.07, 6.45) is 0. The summed E-state index contributed by atoms with van der Waals surface area (Å²) in [7, 11) is 0. The number of rotatable bonds is 0. The number of hydrogen-bond acceptors (Lipinski definition) is 0. The molecule has 0 aliphatic heterocycles. The Morgan fingerprint density at radius 3 is 0.688 bits per heavy atom. The first-order chi connectivity index (χ1) is 14.8. The Hall–Kier alpha value is -0.600. The molecule has 0 saturated heterocycles. The molecule has 0 atom stereocenters. The predicted octanol–water partition coefficient (Wildman–Crippen LogP) is 9.87. The van der Waals surface area contributed by atoms with Gasteiger partial charge in [0.25, 0.3) is 0 Å². The zero-order valence-electron chi connectivity index (χ0n) is 17.7. The molecule has 6 rings (SSSR count). The van der Waals surface area contributed by atoms with Crippen LogP contribution in [0.3, 0.4) is 0 Å². The smallest absolute Gasteiger partial charge is 0.0595 e. The summed E-state index contributed by atoms with van der Waals surface area (Å²) in [6, 6.07) is 12.2. The molecule has 0 spiro atoms. The van der Waals surface area contributed by atoms with Crippen molar-refractivity contribution >= 4 is 69.6 Å². The Bertz CT molecular complexity index is 1150. The summed E-state index contributed by atoms with van der Waals surface area (Å²) in [6.45, 7) is 9.25. The van der Waals surface area contributed by atoms with Crippen LogP contribution in [0.4, 0.5) is 0 Å². The van der Waals surface area contributed by atoms with Crippen molar-refractivity contribution in [1.82, 2.24) is 0 Å². The first kappa shape index (κ1) is 21.9. The summed E-state index contributed by atoms with van der Waals surface area (Å²) < 4.78 is 0. The number of hydrogen-bond donors (Lipinski definition) is 0. The number of fused-ring (bicyclic) bond motifs is 9. The van der Waals surface area contributed by atoms with Gasteiger partial charge in [-0.1, -0.05) is 97.3 Å². The van der Waals surface area contributed by atoms with Crippen molar-refractivity contribution in [3.05, 3.63) is 99.9 Å². The molecule has 0 unspecified atom stereocenters. The molecule has 0 bridgehead atoms. The molecule has 164 valence electrons. The molecule has 3 aliphatic rings. The fourth-order valence-electron chi connectivity index (χ4n) is 7.67. The van der Waals surface area contributed by atoms with Gasteiger partial charge < -0.3 is 0 Å². The third-order valence-corrected chi connectivity index (χ3v) is 11.6. The summed E-state index contributed by atoms with van der Waals surface area (Å²) in [4.78, 5) is 0. The van der Waals surface area contributed by atoms with Crippen molar-refractivity contribution < 1.29 is 0 Å². The summed E-state index contributed by atoms with van der Waals surface area (Å²) in [5.74, 6) is 0. The van der Waals surface area contributed by atoms with E-state index >= 15 is 0 Å². The molecule has 3 aromatic carbocycles. The Morgan fingerprint density at radius 1 is 0.375 bits per heavy atom. The fourth-order valence-corrected chi connectivity index (χ4v) is 8.66. The Labute approximate surface area is 217 Å². The largest absolute Gasteiger partial charge is 0.0827 e. The van der Waals surface area contributed by atoms with E-state index in [1.54, 1.807) is 0 Å². The van der Waals surface area contributed by atoms with Crippen LogP contribution >= 0.6 is 69.6 Å². The molecule has 0 saturated carbocycles. The van der Waals surface area contributed by atoms with Crippen molar-refractivity contribution in [3.63, 3.8) is 0 Å². The van der Waals surface area contributed by atoms with E-state index in [0.717, 1.165) is 33.4 Å². The van der Waals surface area contributed by atoms with E-state index in [2.05, 4.69) is 27.7 Å². The molecule has 0 aromatic heterocycles. The van der Waals surface area contributed by atoms with Gasteiger partial charge in [0, 0.05) is 21.7 Å². The lowest BCUT2D eigenvalue weighted by molar-refractivity contribution is 0.0997. The van der Waals surface area contributed by atoms with Gasteiger partial charge in [0.05, 0.1) is 30.1 Å². The van der Waals surface area contributed by atoms with Crippen molar-refractivity contribution in [2.75, 3.05) is 0 Å². The minimum atomic E-state index is -0.401. The Morgan fingerprint density at radius 2 is 0.531 bits per heavy atom. The van der Waals surface area contributed by atoms with E-state index < -0.39 is 16.2 Å². The standard InChI is InChI=1S/C26H18Cl6/c1-23-11-5-17(27)19(29)7-13(11)24(2)15-9-21(31)22(32)10-16(15)25(3,26(23,24)4)14-8-20(30)18(28)6-12(14)23/h5-10H,1-4H3. The molecule has 3 aromatic rings. The fraction of sp³-hybridized carbons (Fsp3) is 0.308. The highest BCUT2D eigenvalue weighted by Crippen LogP contribution is 2.82. The monoisotopic (exact) mass is 540 g/mol. The first-order valence-corrected chi connectivity index (χ1v) is 12.6. The van der Waals surface area contributed by atoms with Crippen LogP contribution < -0.4 is 0 Å². The van der Waals surface area contributed by atoms with Crippen LogP contribution in [-0.2, 0) is 16.2 Å². The zero-order valence-corrected chi connectivity index (χ0v) is 22.3. The molecule has 6 heteroatoms. The molecule has 0 N–H and O–H groups in total. The van der Waals surface area contributed by atoms with Crippen LogP contribution in [0, 0.1) is 5.41 Å². The SMILES string of the molecule is CC12c3cc(Cl)c(Cl)cc3C3(C)c4cc(Cl)c(Cl)cc4C(C)(c4cc(Cl)c(Cl)cc41)C23C. The third-order valence-electron chi connectivity index (χ3n) is 9.41. The molecular weight excluding hydrogens is 525 g/mol. The summed E-state index contributed by atoms with van der Waals surface area (Å²) in [5.41, 5.74) is 5.46. The lowest BCUT2D eigenvalue weighted by atomic mass is 9.52. The van der Waals surface area contributed by atoms with Crippen LogP contribution in [0.5, 0.6) is 0 Å². The predicted molar refractivity (Wildman–Crippen MR) is 137 cm³/mol. The van der Waals surface area contributed by atoms with E-state index in [-0.39, 0.29) is 5.41 Å². The van der Waals surface area contributed by atoms with E-state index in [1.807, 2.05) is 36.4 Å². The van der Waals surface area contributed by atoms with Gasteiger partial charge in [-0.05, 0) is 69.8 Å². The van der Waals surface area contributed by atoms with E-state index in [0.29, 0.717) is 30.1 Å². The van der Waals surface area contributed by atoms with Crippen LogP contribution in [-0.4, -0.2) is 0 Å². The normalized spacial score (nSPS) is 33.2. The first-order valence-electron chi connectivity index (χ1n) is 10.3. The lowest BCUT2D eigenvalue weighted by Gasteiger charge is -2.49. The summed E-state index contributed by atoms with van der Waals surface area (Å²) >= 11 is 39.5. The van der Waals surface area contributed by atoms with Gasteiger partial charge in [-0.3, -0.25) is 0 Å². The molecule has 0 amide bonds. The Balaban J connectivity index is 1.91. The van der Waals surface area contributed by atoms with Gasteiger partial charge in [-0.15, -0.1) is 0 Å². The van der Waals surface area contributed by atoms with Crippen LogP contribution in [0.1, 0.15) is 61.1 Å². The van der Waals surface area contributed by atoms with E-state index in [4.69, 9.17) is 69.6 Å². The summed E-state index contributed by atoms with van der Waals surface area (Å²) in [5, 5.41) is 3.27. The van der Waals surface area contributed by atoms with Crippen molar-refractivity contribution in [2.24, 2.45) is 5.41 Å². The second-order valence-corrected chi connectivity index (χ2v) is 12.4. The van der Waals surface area contributed by atoms with E-state index in [9.17, 15) is 0 Å². The minimum Gasteiger partial charge on any atom is -0.0827 e. The zero-order chi connectivity index (χ0) is 23.2. The van der Waals surface area contributed by atoms with Crippen molar-refractivity contribution in [1.29, 1.82) is 0 Å². The molecule has 0 nitrogen and oxygen atoms in total. The maximum atomic E-state index is 6.58. The molecule has 0 fully saturated rings. The quantitative estimate of drug-likeness (QED) is 0.265. The number of benzene rings is 3. The topological polar surface area (TPSA) is 0 Å². The highest BCUT2D eigenvalue weighted by atomic mass is 35.5. The second-order valence-electron chi connectivity index (χ2n) is 9.94. The van der Waals surface area contributed by atoms with Crippen molar-refractivity contribution in [3.8, 4) is 0 Å². The minimum absolute atomic E-state index is 0.323. The van der Waals surface area contributed by atoms with Gasteiger partial charge in [-0.25, -0.2) is 0 Å². The highest BCUT2D eigenvalue weighted by molar-refractivity contribution is 6.43. The third kappa shape index (κ3) is 1.95. The molecule has 0 radical (unpaired) electrons. The van der Waals surface area contributed by atoms with Gasteiger partial charge in [0.2, 0.25) is 0 Å². The highest BCUT2D eigenvalue weighted by Gasteiger charge is 2.80. The average molecular weight is 543 g/mol. The molecule has 0 heterocycles. The lowest BCUT2D eigenvalue weighted by Crippen LogP contribution is -2.51.